The Labute approximate surface area is 198 Å². The largest absolute Gasteiger partial charge is 0.493 e. The van der Waals surface area contributed by atoms with Crippen LogP contribution in [0.2, 0.25) is 5.02 Å². The van der Waals surface area contributed by atoms with E-state index in [0.29, 0.717) is 41.5 Å². The van der Waals surface area contributed by atoms with Gasteiger partial charge in [-0.1, -0.05) is 11.6 Å². The molecule has 0 radical (unpaired) electrons. The Bertz CT molecular complexity index is 1050. The molecule has 0 fully saturated rings. The van der Waals surface area contributed by atoms with E-state index in [1.165, 1.54) is 18.5 Å². The molecule has 0 bridgehead atoms. The fourth-order valence-corrected chi connectivity index (χ4v) is 3.02. The van der Waals surface area contributed by atoms with Crippen LogP contribution in [0.4, 0.5) is 15.9 Å². The lowest BCUT2D eigenvalue weighted by molar-refractivity contribution is -0.107. The minimum Gasteiger partial charge on any atom is -0.493 e. The van der Waals surface area contributed by atoms with Gasteiger partial charge in [-0.25, -0.2) is 14.4 Å². The van der Waals surface area contributed by atoms with Crippen molar-refractivity contribution in [3.63, 3.8) is 0 Å². The zero-order chi connectivity index (χ0) is 24.2. The highest BCUT2D eigenvalue weighted by molar-refractivity contribution is 6.31. The molecule has 178 valence electrons. The Morgan fingerprint density at radius 1 is 1.09 bits per heavy atom. The lowest BCUT2D eigenvalue weighted by Crippen LogP contribution is -2.01. The molecule has 0 atom stereocenters. The summed E-state index contributed by atoms with van der Waals surface area (Å²) in [6.07, 6.45) is 5.56. The van der Waals surface area contributed by atoms with E-state index in [1.807, 2.05) is 26.0 Å². The predicted molar refractivity (Wildman–Crippen MR) is 130 cm³/mol. The lowest BCUT2D eigenvalue weighted by atomic mass is 10.2. The maximum absolute atomic E-state index is 13.4. The van der Waals surface area contributed by atoms with Gasteiger partial charge in [0.05, 0.1) is 24.3 Å². The molecule has 1 aromatic heterocycles. The number of rotatable bonds is 10. The second kappa shape index (κ2) is 13.5. The van der Waals surface area contributed by atoms with Crippen LogP contribution in [0.25, 0.3) is 10.9 Å². The highest BCUT2D eigenvalue weighted by Gasteiger charge is 2.12. The number of anilines is 2. The van der Waals surface area contributed by atoms with Crippen molar-refractivity contribution >= 4 is 40.3 Å². The maximum atomic E-state index is 13.4. The number of unbranched alkanes of at least 4 members (excludes halogenated alkanes) is 3. The van der Waals surface area contributed by atoms with Crippen molar-refractivity contribution in [3.8, 4) is 11.5 Å². The Morgan fingerprint density at radius 3 is 2.52 bits per heavy atom. The second-order valence-electron chi connectivity index (χ2n) is 7.70. The predicted octanol–water partition coefficient (Wildman–Crippen LogP) is 5.49. The first-order valence-electron chi connectivity index (χ1n) is 10.6. The molecule has 0 amide bonds. The van der Waals surface area contributed by atoms with Crippen LogP contribution in [0, 0.1) is 5.82 Å². The standard InChI is InChI=1S/C21H21ClFN3O3.C3H9N/c1-28-19-11-15-18(12-20(19)29-9-5-3-2-4-8-27)24-13-25-21(15)26-14-6-7-17(23)16(22)10-14;1-4(2)3/h6-8,10-13H,2-5,9H2,1H3,(H,24,25,26);1-3H3. The highest BCUT2D eigenvalue weighted by atomic mass is 35.5. The number of hydrogen-bond donors (Lipinski definition) is 1. The molecular formula is C24H30ClFN4O3. The van der Waals surface area contributed by atoms with Gasteiger partial charge in [-0.2, -0.15) is 0 Å². The summed E-state index contributed by atoms with van der Waals surface area (Å²) < 4.78 is 24.7. The first kappa shape index (κ1) is 26.3. The lowest BCUT2D eigenvalue weighted by Gasteiger charge is -2.14. The summed E-state index contributed by atoms with van der Waals surface area (Å²) in [5.41, 5.74) is 1.28. The second-order valence-corrected chi connectivity index (χ2v) is 8.11. The number of aromatic nitrogens is 2. The summed E-state index contributed by atoms with van der Waals surface area (Å²) in [5.74, 6) is 1.20. The molecule has 7 nitrogen and oxygen atoms in total. The third kappa shape index (κ3) is 8.47. The molecular weight excluding hydrogens is 447 g/mol. The minimum absolute atomic E-state index is 0.0229. The van der Waals surface area contributed by atoms with E-state index in [9.17, 15) is 9.18 Å². The molecule has 0 unspecified atom stereocenters. The van der Waals surface area contributed by atoms with E-state index in [-0.39, 0.29) is 5.02 Å². The molecule has 0 aliphatic heterocycles. The van der Waals surface area contributed by atoms with Crippen LogP contribution in [0.1, 0.15) is 25.7 Å². The molecule has 33 heavy (non-hydrogen) atoms. The van der Waals surface area contributed by atoms with Gasteiger partial charge in [-0.05, 0) is 64.7 Å². The van der Waals surface area contributed by atoms with Crippen molar-refractivity contribution in [1.82, 2.24) is 14.9 Å². The summed E-state index contributed by atoms with van der Waals surface area (Å²) in [4.78, 5) is 20.9. The average Bonchev–Trinajstić information content (AvgIpc) is 2.78. The van der Waals surface area contributed by atoms with Gasteiger partial charge in [0.1, 0.15) is 24.2 Å². The fourth-order valence-electron chi connectivity index (χ4n) is 2.84. The van der Waals surface area contributed by atoms with Gasteiger partial charge in [0.25, 0.3) is 0 Å². The third-order valence-corrected chi connectivity index (χ3v) is 4.62. The van der Waals surface area contributed by atoms with Crippen LogP contribution in [0.3, 0.4) is 0 Å². The number of hydrogen-bond acceptors (Lipinski definition) is 7. The molecule has 1 heterocycles. The molecule has 0 spiro atoms. The Kier molecular flexibility index (Phi) is 10.8. The smallest absolute Gasteiger partial charge is 0.163 e. The average molecular weight is 477 g/mol. The number of fused-ring (bicyclic) bond motifs is 1. The number of methoxy groups -OCH3 is 1. The van der Waals surface area contributed by atoms with Gasteiger partial charge in [0.15, 0.2) is 11.5 Å². The van der Waals surface area contributed by atoms with Crippen molar-refractivity contribution in [3.05, 3.63) is 47.5 Å². The van der Waals surface area contributed by atoms with E-state index in [1.54, 1.807) is 25.3 Å². The van der Waals surface area contributed by atoms with E-state index in [0.717, 1.165) is 30.9 Å². The molecule has 9 heteroatoms. The molecule has 0 saturated heterocycles. The van der Waals surface area contributed by atoms with Gasteiger partial charge in [-0.15, -0.1) is 0 Å². The van der Waals surface area contributed by atoms with E-state index in [2.05, 4.69) is 15.3 Å². The Hall–Kier alpha value is -2.97. The van der Waals surface area contributed by atoms with Crippen molar-refractivity contribution in [1.29, 1.82) is 0 Å². The molecule has 0 saturated carbocycles. The maximum Gasteiger partial charge on any atom is 0.163 e. The van der Waals surface area contributed by atoms with Crippen molar-refractivity contribution < 1.29 is 18.7 Å². The Morgan fingerprint density at radius 2 is 1.85 bits per heavy atom. The number of carbonyl (C=O) groups is 1. The first-order chi connectivity index (χ1) is 15.8. The minimum atomic E-state index is -0.487. The number of halogens is 2. The number of nitrogens with zero attached hydrogens (tertiary/aromatic N) is 3. The number of carbonyl (C=O) groups excluding carboxylic acids is 1. The normalized spacial score (nSPS) is 10.5. The van der Waals surface area contributed by atoms with Gasteiger partial charge in [-0.3, -0.25) is 0 Å². The third-order valence-electron chi connectivity index (χ3n) is 4.33. The molecule has 0 aliphatic rings. The van der Waals surface area contributed by atoms with Crippen molar-refractivity contribution in [2.24, 2.45) is 0 Å². The fraction of sp³-hybridized carbons (Fsp3) is 0.375. The highest BCUT2D eigenvalue weighted by Crippen LogP contribution is 2.35. The SMILES string of the molecule is CN(C)C.COc1cc2c(Nc3ccc(F)c(Cl)c3)ncnc2cc1OCCCCCC=O. The van der Waals surface area contributed by atoms with Crippen LogP contribution in [-0.2, 0) is 4.79 Å². The molecule has 1 N–H and O–H groups in total. The van der Waals surface area contributed by atoms with E-state index >= 15 is 0 Å². The molecule has 3 aromatic rings. The van der Waals surface area contributed by atoms with Gasteiger partial charge in [0.2, 0.25) is 0 Å². The van der Waals surface area contributed by atoms with Crippen LogP contribution in [-0.4, -0.2) is 56.0 Å². The quantitative estimate of drug-likeness (QED) is 0.306. The van der Waals surface area contributed by atoms with Crippen molar-refractivity contribution in [2.75, 3.05) is 40.2 Å². The summed E-state index contributed by atoms with van der Waals surface area (Å²) >= 11 is 5.85. The van der Waals surface area contributed by atoms with Gasteiger partial charge in [0, 0.05) is 23.6 Å². The van der Waals surface area contributed by atoms with Crippen LogP contribution in [0.5, 0.6) is 11.5 Å². The van der Waals surface area contributed by atoms with E-state index < -0.39 is 5.82 Å². The summed E-state index contributed by atoms with van der Waals surface area (Å²) in [7, 11) is 7.56. The zero-order valence-corrected chi connectivity index (χ0v) is 20.2. The first-order valence-corrected chi connectivity index (χ1v) is 11.0. The number of benzene rings is 2. The van der Waals surface area contributed by atoms with Gasteiger partial charge >= 0.3 is 0 Å². The van der Waals surface area contributed by atoms with Crippen molar-refractivity contribution in [2.45, 2.75) is 25.7 Å². The van der Waals surface area contributed by atoms with Crippen LogP contribution >= 0.6 is 11.6 Å². The molecule has 0 aliphatic carbocycles. The van der Waals surface area contributed by atoms with E-state index in [4.69, 9.17) is 21.1 Å². The monoisotopic (exact) mass is 476 g/mol. The van der Waals surface area contributed by atoms with Crippen LogP contribution < -0.4 is 14.8 Å². The Balaban J connectivity index is 0.000000890. The number of aldehydes is 1. The summed E-state index contributed by atoms with van der Waals surface area (Å²) in [6, 6.07) is 7.95. The van der Waals surface area contributed by atoms with Crippen LogP contribution in [0.15, 0.2) is 36.7 Å². The summed E-state index contributed by atoms with van der Waals surface area (Å²) in [5, 5.41) is 3.88. The summed E-state index contributed by atoms with van der Waals surface area (Å²) in [6.45, 7) is 0.519. The number of ether oxygens (including phenoxy) is 2. The number of nitrogens with one attached hydrogen (secondary N) is 1. The molecule has 3 rings (SSSR count). The molecule has 2 aromatic carbocycles. The topological polar surface area (TPSA) is 76.6 Å². The zero-order valence-electron chi connectivity index (χ0n) is 19.4. The van der Waals surface area contributed by atoms with Gasteiger partial charge < -0.3 is 24.5 Å².